The van der Waals surface area contributed by atoms with Crippen LogP contribution in [0.3, 0.4) is 0 Å². The molecule has 0 aromatic heterocycles. The molecule has 3 fully saturated rings. The molecular formula is C33H56N4O9. The number of carbonyl (C=O) groups is 3. The number of Topliss-reactive ketones (excluding diaryl/α,β-unsaturated/α-hetero) is 1. The number of ether oxygens (including phenoxy) is 5. The van der Waals surface area contributed by atoms with Crippen molar-refractivity contribution in [2.24, 2.45) is 34.4 Å². The molecule has 2 bridgehead atoms. The average Bonchev–Trinajstić information content (AvgIpc) is 3.12. The number of aliphatic imine (C=N–C) groups is 1. The van der Waals surface area contributed by atoms with Crippen LogP contribution in [0.5, 0.6) is 0 Å². The lowest BCUT2D eigenvalue weighted by molar-refractivity contribution is -0.297. The van der Waals surface area contributed by atoms with Crippen molar-refractivity contribution in [3.63, 3.8) is 0 Å². The number of aliphatic hydroxyl groups excluding tert-OH is 1. The minimum atomic E-state index is -1.17. The van der Waals surface area contributed by atoms with Crippen LogP contribution in [0.25, 0.3) is 0 Å². The van der Waals surface area contributed by atoms with Gasteiger partial charge in [0.2, 0.25) is 0 Å². The van der Waals surface area contributed by atoms with Crippen molar-refractivity contribution < 1.29 is 43.2 Å². The van der Waals surface area contributed by atoms with E-state index in [-0.39, 0.29) is 37.1 Å². The van der Waals surface area contributed by atoms with Crippen LogP contribution in [0.4, 0.5) is 4.79 Å². The first-order valence-corrected chi connectivity index (χ1v) is 16.7. The van der Waals surface area contributed by atoms with E-state index in [1.54, 1.807) is 25.7 Å². The number of nitrogens with two attached hydrogens (primary N) is 1. The van der Waals surface area contributed by atoms with Crippen molar-refractivity contribution in [2.45, 2.75) is 122 Å². The molecule has 13 heteroatoms. The molecule has 1 amide bonds. The third kappa shape index (κ3) is 6.86. The van der Waals surface area contributed by atoms with Crippen LogP contribution in [-0.4, -0.2) is 133 Å². The molecule has 4 aliphatic heterocycles. The summed E-state index contributed by atoms with van der Waals surface area (Å²) in [5.41, 5.74) is 4.50. The van der Waals surface area contributed by atoms with Crippen LogP contribution in [0, 0.1) is 23.7 Å². The second kappa shape index (κ2) is 14.1. The predicted octanol–water partition coefficient (Wildman–Crippen LogP) is 2.01. The molecule has 0 saturated carbocycles. The van der Waals surface area contributed by atoms with E-state index in [0.29, 0.717) is 25.9 Å². The van der Waals surface area contributed by atoms with E-state index in [0.717, 1.165) is 5.71 Å². The number of fused-ring (bicyclic) bond motifs is 1. The maximum Gasteiger partial charge on any atom is 0.410 e. The van der Waals surface area contributed by atoms with Gasteiger partial charge in [0.1, 0.15) is 18.1 Å². The van der Waals surface area contributed by atoms with Crippen LogP contribution >= 0.6 is 0 Å². The van der Waals surface area contributed by atoms with Gasteiger partial charge in [0, 0.05) is 36.7 Å². The van der Waals surface area contributed by atoms with E-state index in [2.05, 4.69) is 6.92 Å². The van der Waals surface area contributed by atoms with Gasteiger partial charge in [-0.25, -0.2) is 4.79 Å². The molecule has 0 aliphatic carbocycles. The molecule has 0 aromatic rings. The highest BCUT2D eigenvalue weighted by Gasteiger charge is 2.59. The van der Waals surface area contributed by atoms with Crippen molar-refractivity contribution in [1.29, 1.82) is 0 Å². The number of carbonyl (C=O) groups excluding carboxylic acids is 3. The minimum absolute atomic E-state index is 0.183. The van der Waals surface area contributed by atoms with Gasteiger partial charge in [-0.05, 0) is 67.5 Å². The Hall–Kier alpha value is -2.16. The highest BCUT2D eigenvalue weighted by molar-refractivity contribution is 6.00. The first kappa shape index (κ1) is 36.7. The highest BCUT2D eigenvalue weighted by atomic mass is 16.7. The third-order valence-corrected chi connectivity index (χ3v) is 10.7. The number of hydrogen-bond donors (Lipinski definition) is 2. The van der Waals surface area contributed by atoms with E-state index < -0.39 is 71.5 Å². The van der Waals surface area contributed by atoms with Crippen molar-refractivity contribution in [2.75, 3.05) is 40.3 Å². The van der Waals surface area contributed by atoms with Gasteiger partial charge < -0.3 is 39.4 Å². The number of aliphatic hydroxyl groups is 1. The molecule has 4 aliphatic rings. The SMILES string of the molecule is C[C@H]1C(=O)O[C@@H](C)[C@@]2(C)OC(=O)N3CCN=C([C@H](C)C[C@](C)(OCCN)[C@H](O[C@H]4O[C@@H](C)C[C@@H](N(C)C)C4O)[C@@H](C)C1=O)[C@@H](C)[C@@H]32. The molecule has 13 atom stereocenters. The van der Waals surface area contributed by atoms with Gasteiger partial charge in [0.05, 0.1) is 37.0 Å². The largest absolute Gasteiger partial charge is 0.458 e. The summed E-state index contributed by atoms with van der Waals surface area (Å²) in [6.07, 6.45) is -3.56. The number of nitrogens with zero attached hydrogens (tertiary/aromatic N) is 3. The number of likely N-dealkylation sites (N-methyl/N-ethyl adjacent to an activating group) is 1. The summed E-state index contributed by atoms with van der Waals surface area (Å²) in [6.45, 7) is 15.8. The summed E-state index contributed by atoms with van der Waals surface area (Å²) < 4.78 is 31.2. The Labute approximate surface area is 273 Å². The Balaban J connectivity index is 1.82. The number of hydrogen-bond acceptors (Lipinski definition) is 12. The van der Waals surface area contributed by atoms with E-state index in [1.807, 2.05) is 39.8 Å². The molecule has 46 heavy (non-hydrogen) atoms. The first-order chi connectivity index (χ1) is 21.5. The van der Waals surface area contributed by atoms with Gasteiger partial charge in [-0.15, -0.1) is 0 Å². The highest BCUT2D eigenvalue weighted by Crippen LogP contribution is 2.43. The summed E-state index contributed by atoms with van der Waals surface area (Å²) in [5, 5.41) is 11.4. The normalized spacial score (nSPS) is 44.3. The number of rotatable bonds is 6. The van der Waals surface area contributed by atoms with Gasteiger partial charge >= 0.3 is 12.1 Å². The van der Waals surface area contributed by atoms with Gasteiger partial charge in [0.25, 0.3) is 0 Å². The van der Waals surface area contributed by atoms with E-state index in [1.165, 1.54) is 6.92 Å². The Morgan fingerprint density at radius 2 is 1.76 bits per heavy atom. The molecule has 3 N–H and O–H groups in total. The zero-order valence-electron chi connectivity index (χ0n) is 29.2. The van der Waals surface area contributed by atoms with Crippen LogP contribution < -0.4 is 5.73 Å². The zero-order valence-corrected chi connectivity index (χ0v) is 29.2. The summed E-state index contributed by atoms with van der Waals surface area (Å²) >= 11 is 0. The minimum Gasteiger partial charge on any atom is -0.458 e. The van der Waals surface area contributed by atoms with Crippen LogP contribution in [0.15, 0.2) is 4.99 Å². The quantitative estimate of drug-likeness (QED) is 0.319. The van der Waals surface area contributed by atoms with Crippen LogP contribution in [0.2, 0.25) is 0 Å². The topological polar surface area (TPSA) is 162 Å². The van der Waals surface area contributed by atoms with Crippen molar-refractivity contribution in [3.8, 4) is 0 Å². The monoisotopic (exact) mass is 652 g/mol. The Morgan fingerprint density at radius 1 is 1.09 bits per heavy atom. The first-order valence-electron chi connectivity index (χ1n) is 16.7. The number of amides is 1. The molecule has 0 spiro atoms. The number of ketones is 1. The maximum absolute atomic E-state index is 14.1. The van der Waals surface area contributed by atoms with Gasteiger partial charge in [-0.2, -0.15) is 0 Å². The molecule has 13 nitrogen and oxygen atoms in total. The summed E-state index contributed by atoms with van der Waals surface area (Å²) in [7, 11) is 3.79. The number of cyclic esters (lactones) is 1. The fourth-order valence-corrected chi connectivity index (χ4v) is 8.15. The summed E-state index contributed by atoms with van der Waals surface area (Å²) in [6, 6.07) is -0.698. The molecule has 262 valence electrons. The van der Waals surface area contributed by atoms with E-state index in [9.17, 15) is 19.5 Å². The predicted molar refractivity (Wildman–Crippen MR) is 170 cm³/mol. The Morgan fingerprint density at radius 3 is 2.39 bits per heavy atom. The van der Waals surface area contributed by atoms with Gasteiger partial charge in [0.15, 0.2) is 17.7 Å². The second-order valence-electron chi connectivity index (χ2n) is 14.5. The Kier molecular flexibility index (Phi) is 11.3. The van der Waals surface area contributed by atoms with Crippen molar-refractivity contribution >= 4 is 23.6 Å². The molecule has 1 unspecified atom stereocenters. The molecular weight excluding hydrogens is 596 g/mol. The van der Waals surface area contributed by atoms with E-state index in [4.69, 9.17) is 34.4 Å². The average molecular weight is 653 g/mol. The lowest BCUT2D eigenvalue weighted by Crippen LogP contribution is -2.60. The van der Waals surface area contributed by atoms with E-state index >= 15 is 0 Å². The fraction of sp³-hybridized carbons (Fsp3) is 0.879. The van der Waals surface area contributed by atoms with Crippen LogP contribution in [-0.2, 0) is 33.3 Å². The molecule has 0 aromatic carbocycles. The maximum atomic E-state index is 14.1. The zero-order chi connectivity index (χ0) is 34.3. The summed E-state index contributed by atoms with van der Waals surface area (Å²) in [5.74, 6) is -3.60. The summed E-state index contributed by atoms with van der Waals surface area (Å²) in [4.78, 5) is 49.5. The molecule has 4 rings (SSSR count). The van der Waals surface area contributed by atoms with Gasteiger partial charge in [-0.1, -0.05) is 20.8 Å². The van der Waals surface area contributed by atoms with Gasteiger partial charge in [-0.3, -0.25) is 19.5 Å². The van der Waals surface area contributed by atoms with Crippen molar-refractivity contribution in [3.05, 3.63) is 0 Å². The van der Waals surface area contributed by atoms with Crippen LogP contribution in [0.1, 0.15) is 68.2 Å². The fourth-order valence-electron chi connectivity index (χ4n) is 8.15. The van der Waals surface area contributed by atoms with Crippen molar-refractivity contribution in [1.82, 2.24) is 9.80 Å². The Bertz CT molecular complexity index is 1170. The smallest absolute Gasteiger partial charge is 0.410 e. The number of esters is 1. The lowest BCUT2D eigenvalue weighted by atomic mass is 9.73. The lowest BCUT2D eigenvalue weighted by Gasteiger charge is -2.47. The standard InChI is InChI=1S/C33H56N4O9/c1-17-16-32(7,42-14-11-34)28(45-30-26(39)23(36(9)10)15-18(2)43-30)20(4)25(38)21(5)29(40)44-22(6)33(8)27-19(3)24(17)35-12-13-37(27)31(41)46-33/h17-23,26-28,30,39H,11-16,34H2,1-10H3/t17-,18+,19-,20+,21-,22+,23-,26?,27-,28-,30-,32+,33-/m1/s1. The third-order valence-electron chi connectivity index (χ3n) is 10.7. The molecule has 4 heterocycles. The molecule has 0 radical (unpaired) electrons. The second-order valence-corrected chi connectivity index (χ2v) is 14.5. The molecule has 3 saturated heterocycles.